The molecule has 0 aromatic carbocycles. The van der Waals surface area contributed by atoms with Crippen molar-refractivity contribution < 1.29 is 13.2 Å². The molecule has 1 heterocycles. The monoisotopic (exact) mass is 237 g/mol. The lowest BCUT2D eigenvalue weighted by molar-refractivity contribution is 0.0720. The third-order valence-electron chi connectivity index (χ3n) is 2.23. The second kappa shape index (κ2) is 4.75. The van der Waals surface area contributed by atoms with Gasteiger partial charge in [-0.1, -0.05) is 0 Å². The van der Waals surface area contributed by atoms with Gasteiger partial charge in [-0.15, -0.1) is 0 Å². The molecule has 0 atom stereocenters. The molecule has 90 valence electrons. The summed E-state index contributed by atoms with van der Waals surface area (Å²) in [4.78, 5) is 0. The zero-order chi connectivity index (χ0) is 11.5. The summed E-state index contributed by atoms with van der Waals surface area (Å²) in [6.07, 6.45) is 0. The molecule has 1 saturated heterocycles. The SMILES string of the molecule is CC(C)(CN)NS(=O)(=O)N1CCOCC1. The van der Waals surface area contributed by atoms with Gasteiger partial charge in [-0.3, -0.25) is 0 Å². The van der Waals surface area contributed by atoms with E-state index in [0.717, 1.165) is 0 Å². The highest BCUT2D eigenvalue weighted by Gasteiger charge is 2.29. The molecule has 1 fully saturated rings. The molecule has 0 bridgehead atoms. The molecule has 0 spiro atoms. The van der Waals surface area contributed by atoms with Gasteiger partial charge in [0.2, 0.25) is 0 Å². The Kier molecular flexibility index (Phi) is 4.07. The molecule has 0 amide bonds. The van der Waals surface area contributed by atoms with Crippen LogP contribution in [0.25, 0.3) is 0 Å². The molecule has 0 unspecified atom stereocenters. The van der Waals surface area contributed by atoms with Crippen LogP contribution in [0.5, 0.6) is 0 Å². The first-order valence-electron chi connectivity index (χ1n) is 4.94. The van der Waals surface area contributed by atoms with Gasteiger partial charge in [0.25, 0.3) is 10.2 Å². The number of hydrogen-bond acceptors (Lipinski definition) is 4. The van der Waals surface area contributed by atoms with Crippen molar-refractivity contribution >= 4 is 10.2 Å². The summed E-state index contributed by atoms with van der Waals surface area (Å²) < 4.78 is 32.8. The van der Waals surface area contributed by atoms with E-state index in [1.165, 1.54) is 4.31 Å². The molecule has 3 N–H and O–H groups in total. The Hall–Kier alpha value is -0.210. The van der Waals surface area contributed by atoms with E-state index in [4.69, 9.17) is 10.5 Å². The van der Waals surface area contributed by atoms with Crippen LogP contribution in [0.4, 0.5) is 0 Å². The topological polar surface area (TPSA) is 84.7 Å². The normalized spacial score (nSPS) is 20.5. The minimum Gasteiger partial charge on any atom is -0.379 e. The molecule has 1 aliphatic heterocycles. The van der Waals surface area contributed by atoms with Crippen molar-refractivity contribution in [3.63, 3.8) is 0 Å². The van der Waals surface area contributed by atoms with E-state index < -0.39 is 15.7 Å². The molecule has 0 radical (unpaired) electrons. The fourth-order valence-corrected chi connectivity index (χ4v) is 2.78. The Morgan fingerprint density at radius 1 is 1.40 bits per heavy atom. The first-order valence-corrected chi connectivity index (χ1v) is 6.38. The second-order valence-electron chi connectivity index (χ2n) is 4.21. The lowest BCUT2D eigenvalue weighted by Gasteiger charge is -2.31. The average molecular weight is 237 g/mol. The number of nitrogens with two attached hydrogens (primary N) is 1. The fourth-order valence-electron chi connectivity index (χ4n) is 1.24. The highest BCUT2D eigenvalue weighted by Crippen LogP contribution is 2.08. The van der Waals surface area contributed by atoms with Gasteiger partial charge in [0.15, 0.2) is 0 Å². The van der Waals surface area contributed by atoms with Crippen LogP contribution < -0.4 is 10.5 Å². The van der Waals surface area contributed by atoms with Crippen molar-refractivity contribution in [2.45, 2.75) is 19.4 Å². The number of hydrogen-bond donors (Lipinski definition) is 2. The summed E-state index contributed by atoms with van der Waals surface area (Å²) in [7, 11) is -3.43. The maximum Gasteiger partial charge on any atom is 0.280 e. The first kappa shape index (κ1) is 12.9. The third kappa shape index (κ3) is 3.69. The molecule has 0 aliphatic carbocycles. The minimum atomic E-state index is -3.43. The van der Waals surface area contributed by atoms with E-state index in [0.29, 0.717) is 26.3 Å². The Morgan fingerprint density at radius 3 is 2.40 bits per heavy atom. The summed E-state index contributed by atoms with van der Waals surface area (Å²) in [5.41, 5.74) is 4.86. The Morgan fingerprint density at radius 2 is 1.93 bits per heavy atom. The summed E-state index contributed by atoms with van der Waals surface area (Å²) in [5, 5.41) is 0. The van der Waals surface area contributed by atoms with E-state index in [2.05, 4.69) is 4.72 Å². The summed E-state index contributed by atoms with van der Waals surface area (Å²) in [6.45, 7) is 5.46. The first-order chi connectivity index (χ1) is 6.87. The lowest BCUT2D eigenvalue weighted by atomic mass is 10.1. The molecular formula is C8H19N3O3S. The molecule has 0 aromatic rings. The summed E-state index contributed by atoms with van der Waals surface area (Å²) in [5.74, 6) is 0. The van der Waals surface area contributed by atoms with Gasteiger partial charge in [-0.05, 0) is 13.8 Å². The largest absolute Gasteiger partial charge is 0.379 e. The number of nitrogens with zero attached hydrogens (tertiary/aromatic N) is 1. The maximum absolute atomic E-state index is 11.9. The number of rotatable bonds is 4. The van der Waals surface area contributed by atoms with Gasteiger partial charge in [0.05, 0.1) is 13.2 Å². The van der Waals surface area contributed by atoms with Gasteiger partial charge in [0.1, 0.15) is 0 Å². The van der Waals surface area contributed by atoms with E-state index in [1.54, 1.807) is 13.8 Å². The van der Waals surface area contributed by atoms with Crippen LogP contribution in [0.2, 0.25) is 0 Å². The molecule has 15 heavy (non-hydrogen) atoms. The van der Waals surface area contributed by atoms with Crippen molar-refractivity contribution in [3.8, 4) is 0 Å². The molecule has 7 heteroatoms. The van der Waals surface area contributed by atoms with Gasteiger partial charge in [0, 0.05) is 25.2 Å². The van der Waals surface area contributed by atoms with E-state index in [1.807, 2.05) is 0 Å². The van der Waals surface area contributed by atoms with E-state index in [9.17, 15) is 8.42 Å². The molecule has 1 aliphatic rings. The van der Waals surface area contributed by atoms with Gasteiger partial charge in [-0.25, -0.2) is 0 Å². The third-order valence-corrected chi connectivity index (χ3v) is 4.08. The smallest absolute Gasteiger partial charge is 0.280 e. The van der Waals surface area contributed by atoms with Crippen LogP contribution in [0.1, 0.15) is 13.8 Å². The Labute approximate surface area is 90.9 Å². The Balaban J connectivity index is 2.65. The highest BCUT2D eigenvalue weighted by molar-refractivity contribution is 7.87. The zero-order valence-corrected chi connectivity index (χ0v) is 10.0. The van der Waals surface area contributed by atoms with Crippen molar-refractivity contribution in [3.05, 3.63) is 0 Å². The minimum absolute atomic E-state index is 0.260. The van der Waals surface area contributed by atoms with Crippen LogP contribution in [0.3, 0.4) is 0 Å². The van der Waals surface area contributed by atoms with Crippen LogP contribution in [-0.4, -0.2) is 51.1 Å². The van der Waals surface area contributed by atoms with Crippen molar-refractivity contribution in [2.75, 3.05) is 32.8 Å². The van der Waals surface area contributed by atoms with E-state index >= 15 is 0 Å². The summed E-state index contributed by atoms with van der Waals surface area (Å²) >= 11 is 0. The van der Waals surface area contributed by atoms with Gasteiger partial charge in [-0.2, -0.15) is 17.4 Å². The predicted molar refractivity (Wildman–Crippen MR) is 57.6 cm³/mol. The van der Waals surface area contributed by atoms with Gasteiger partial charge < -0.3 is 10.5 Å². The lowest BCUT2D eigenvalue weighted by Crippen LogP contribution is -2.55. The average Bonchev–Trinajstić information content (AvgIpc) is 2.18. The highest BCUT2D eigenvalue weighted by atomic mass is 32.2. The quantitative estimate of drug-likeness (QED) is 0.649. The van der Waals surface area contributed by atoms with Gasteiger partial charge >= 0.3 is 0 Å². The molecule has 0 aromatic heterocycles. The van der Waals surface area contributed by atoms with Crippen LogP contribution in [0.15, 0.2) is 0 Å². The standard InChI is InChI=1S/C8H19N3O3S/c1-8(2,7-9)10-15(12,13)11-3-5-14-6-4-11/h10H,3-7,9H2,1-2H3. The molecule has 6 nitrogen and oxygen atoms in total. The number of ether oxygens (including phenoxy) is 1. The zero-order valence-electron chi connectivity index (χ0n) is 9.19. The molecule has 0 saturated carbocycles. The summed E-state index contributed by atoms with van der Waals surface area (Å²) in [6, 6.07) is 0. The maximum atomic E-state index is 11.9. The van der Waals surface area contributed by atoms with Crippen molar-refractivity contribution in [1.29, 1.82) is 0 Å². The number of morpholine rings is 1. The van der Waals surface area contributed by atoms with Crippen molar-refractivity contribution in [2.24, 2.45) is 5.73 Å². The van der Waals surface area contributed by atoms with Crippen LogP contribution in [0, 0.1) is 0 Å². The fraction of sp³-hybridized carbons (Fsp3) is 1.00. The predicted octanol–water partition coefficient (Wildman–Crippen LogP) is -1.11. The van der Waals surface area contributed by atoms with Crippen LogP contribution >= 0.6 is 0 Å². The molecular weight excluding hydrogens is 218 g/mol. The molecule has 1 rings (SSSR count). The number of nitrogens with one attached hydrogen (secondary N) is 1. The van der Waals surface area contributed by atoms with E-state index in [-0.39, 0.29) is 6.54 Å². The second-order valence-corrected chi connectivity index (χ2v) is 5.88. The van der Waals surface area contributed by atoms with Crippen LogP contribution in [-0.2, 0) is 14.9 Å². The Bertz CT molecular complexity index is 296. The van der Waals surface area contributed by atoms with Crippen molar-refractivity contribution in [1.82, 2.24) is 9.03 Å².